The Kier molecular flexibility index (Phi) is 8.84. The standard InChI is InChI=1S/C13H9O.C2H5.Y/c14-13(11-7-3-1-4-8-11)12-9-5-2-6-10-12;1-2;/h1,3-10H;1H2,2H3;/q2*-1;. The van der Waals surface area contributed by atoms with Gasteiger partial charge in [-0.25, -0.2) is 0 Å². The Labute approximate surface area is 128 Å². The molecule has 0 unspecified atom stereocenters. The molecule has 0 aliphatic carbocycles. The van der Waals surface area contributed by atoms with Gasteiger partial charge < -0.3 is 6.92 Å². The summed E-state index contributed by atoms with van der Waals surface area (Å²) >= 11 is 0. The number of hydrogen-bond donors (Lipinski definition) is 0. The summed E-state index contributed by atoms with van der Waals surface area (Å²) in [5.74, 6) is 0.0552. The molecule has 1 radical (unpaired) electrons. The summed E-state index contributed by atoms with van der Waals surface area (Å²) in [6, 6.07) is 19.2. The van der Waals surface area contributed by atoms with E-state index in [1.165, 1.54) is 0 Å². The van der Waals surface area contributed by atoms with Crippen molar-refractivity contribution >= 4 is 5.78 Å². The number of carbonyl (C=O) groups is 1. The molecule has 17 heavy (non-hydrogen) atoms. The molecule has 0 saturated heterocycles. The average Bonchev–Trinajstić information content (AvgIpc) is 2.42. The molecule has 0 amide bonds. The Morgan fingerprint density at radius 3 is 1.94 bits per heavy atom. The number of benzene rings is 2. The molecule has 0 spiro atoms. The normalized spacial score (nSPS) is 8.35. The zero-order valence-corrected chi connectivity index (χ0v) is 12.7. The van der Waals surface area contributed by atoms with Crippen LogP contribution in [-0.4, -0.2) is 5.78 Å². The summed E-state index contributed by atoms with van der Waals surface area (Å²) in [4.78, 5) is 11.8. The van der Waals surface area contributed by atoms with Crippen molar-refractivity contribution in [2.45, 2.75) is 6.92 Å². The summed E-state index contributed by atoms with van der Waals surface area (Å²) in [5, 5.41) is 0. The molecule has 0 aromatic heterocycles. The van der Waals surface area contributed by atoms with Crippen LogP contribution in [0.5, 0.6) is 0 Å². The molecule has 0 bridgehead atoms. The molecule has 0 saturated carbocycles. The molecule has 2 aromatic carbocycles. The van der Waals surface area contributed by atoms with Crippen LogP contribution < -0.4 is 0 Å². The molecule has 85 valence electrons. The van der Waals surface area contributed by atoms with Crippen molar-refractivity contribution < 1.29 is 37.5 Å². The summed E-state index contributed by atoms with van der Waals surface area (Å²) in [6.07, 6.45) is 0. The first kappa shape index (κ1) is 16.2. The predicted octanol–water partition coefficient (Wildman–Crippen LogP) is 3.56. The van der Waals surface area contributed by atoms with Crippen molar-refractivity contribution in [3.05, 3.63) is 78.7 Å². The van der Waals surface area contributed by atoms with E-state index in [4.69, 9.17) is 0 Å². The van der Waals surface area contributed by atoms with Crippen molar-refractivity contribution in [2.75, 3.05) is 0 Å². The van der Waals surface area contributed by atoms with Gasteiger partial charge in [0.25, 0.3) is 0 Å². The van der Waals surface area contributed by atoms with Gasteiger partial charge in [-0.3, -0.25) is 4.79 Å². The number of ketones is 1. The van der Waals surface area contributed by atoms with Crippen LogP contribution >= 0.6 is 0 Å². The van der Waals surface area contributed by atoms with E-state index in [0.29, 0.717) is 5.56 Å². The zero-order chi connectivity index (χ0) is 11.8. The van der Waals surface area contributed by atoms with Gasteiger partial charge in [0.15, 0.2) is 5.78 Å². The first-order valence-corrected chi connectivity index (χ1v) is 5.14. The number of rotatable bonds is 2. The second-order valence-electron chi connectivity index (χ2n) is 2.98. The second-order valence-corrected chi connectivity index (χ2v) is 2.98. The predicted molar refractivity (Wildman–Crippen MR) is 66.2 cm³/mol. The molecule has 0 heterocycles. The van der Waals surface area contributed by atoms with Crippen LogP contribution in [0.3, 0.4) is 0 Å². The van der Waals surface area contributed by atoms with Crippen molar-refractivity contribution in [1.29, 1.82) is 0 Å². The van der Waals surface area contributed by atoms with Crippen LogP contribution in [0.2, 0.25) is 0 Å². The van der Waals surface area contributed by atoms with E-state index < -0.39 is 0 Å². The van der Waals surface area contributed by atoms with Crippen LogP contribution in [0.15, 0.2) is 54.6 Å². The van der Waals surface area contributed by atoms with Crippen molar-refractivity contribution in [2.24, 2.45) is 0 Å². The Morgan fingerprint density at radius 1 is 0.941 bits per heavy atom. The molecule has 0 aliphatic heterocycles. The average molecular weight is 299 g/mol. The van der Waals surface area contributed by atoms with E-state index in [1.54, 1.807) is 31.2 Å². The number of carbonyl (C=O) groups excluding carboxylic acids is 1. The van der Waals surface area contributed by atoms with Crippen LogP contribution in [0.1, 0.15) is 22.8 Å². The SMILES string of the molecule is O=C(c1cc[c-]cc1)c1ccccc1.[CH2-]C.[Y]. The third kappa shape index (κ3) is 4.93. The second kappa shape index (κ2) is 9.27. The number of hydrogen-bond acceptors (Lipinski definition) is 1. The quantitative estimate of drug-likeness (QED) is 0.612. The van der Waals surface area contributed by atoms with Gasteiger partial charge in [0.1, 0.15) is 0 Å². The summed E-state index contributed by atoms with van der Waals surface area (Å²) in [6.45, 7) is 5.00. The first-order valence-electron chi connectivity index (χ1n) is 5.14. The minimum absolute atomic E-state index is 0. The van der Waals surface area contributed by atoms with E-state index in [1.807, 2.05) is 30.3 Å². The minimum atomic E-state index is 0. The molecule has 0 aliphatic rings. The molecule has 0 N–H and O–H groups in total. The first-order chi connectivity index (χ1) is 7.88. The minimum Gasteiger partial charge on any atom is -0.346 e. The third-order valence-electron chi connectivity index (χ3n) is 2.02. The molecule has 2 heteroatoms. The van der Waals surface area contributed by atoms with Crippen LogP contribution in [0.4, 0.5) is 0 Å². The van der Waals surface area contributed by atoms with Crippen LogP contribution in [-0.2, 0) is 32.7 Å². The van der Waals surface area contributed by atoms with E-state index in [9.17, 15) is 4.79 Å². The van der Waals surface area contributed by atoms with Gasteiger partial charge in [0.2, 0.25) is 0 Å². The largest absolute Gasteiger partial charge is 0.346 e. The van der Waals surface area contributed by atoms with Gasteiger partial charge in [-0.1, -0.05) is 35.9 Å². The Morgan fingerprint density at radius 2 is 1.41 bits per heavy atom. The maximum atomic E-state index is 11.8. The third-order valence-corrected chi connectivity index (χ3v) is 2.02. The summed E-state index contributed by atoms with van der Waals surface area (Å²) in [5.41, 5.74) is 1.42. The monoisotopic (exact) mass is 299 g/mol. The van der Waals surface area contributed by atoms with Crippen molar-refractivity contribution in [3.63, 3.8) is 0 Å². The van der Waals surface area contributed by atoms with Gasteiger partial charge in [-0.15, -0.1) is 0 Å². The van der Waals surface area contributed by atoms with Gasteiger partial charge in [0, 0.05) is 38.3 Å². The summed E-state index contributed by atoms with van der Waals surface area (Å²) < 4.78 is 0. The topological polar surface area (TPSA) is 17.1 Å². The molecule has 2 rings (SSSR count). The fourth-order valence-electron chi connectivity index (χ4n) is 1.29. The molecule has 0 fully saturated rings. The van der Waals surface area contributed by atoms with E-state index in [2.05, 4.69) is 13.0 Å². The molecular weight excluding hydrogens is 285 g/mol. The summed E-state index contributed by atoms with van der Waals surface area (Å²) in [7, 11) is 0. The molecule has 1 nitrogen and oxygen atoms in total. The smallest absolute Gasteiger partial charge is 0.169 e. The molecule has 0 atom stereocenters. The van der Waals surface area contributed by atoms with Gasteiger partial charge in [-0.2, -0.15) is 37.3 Å². The van der Waals surface area contributed by atoms with Gasteiger partial charge in [0.05, 0.1) is 0 Å². The van der Waals surface area contributed by atoms with Crippen LogP contribution in [0, 0.1) is 13.0 Å². The van der Waals surface area contributed by atoms with Crippen LogP contribution in [0.25, 0.3) is 0 Å². The van der Waals surface area contributed by atoms with Crippen molar-refractivity contribution in [3.8, 4) is 0 Å². The maximum Gasteiger partial charge on any atom is 0.169 e. The molecule has 2 aromatic rings. The van der Waals surface area contributed by atoms with E-state index in [0.717, 1.165) is 5.56 Å². The Bertz CT molecular complexity index is 382. The maximum absolute atomic E-state index is 11.8. The van der Waals surface area contributed by atoms with Crippen molar-refractivity contribution in [1.82, 2.24) is 0 Å². The van der Waals surface area contributed by atoms with Gasteiger partial charge in [-0.05, 0) is 0 Å². The fourth-order valence-corrected chi connectivity index (χ4v) is 1.29. The Hall–Kier alpha value is -0.786. The van der Waals surface area contributed by atoms with E-state index in [-0.39, 0.29) is 38.5 Å². The Balaban J connectivity index is 0.000000811. The zero-order valence-electron chi connectivity index (χ0n) is 9.89. The molecular formula is C15H14OY-2. The van der Waals surface area contributed by atoms with E-state index >= 15 is 0 Å². The fraction of sp³-hybridized carbons (Fsp3) is 0.0667. The van der Waals surface area contributed by atoms with Gasteiger partial charge >= 0.3 is 0 Å².